The molecule has 2 N–H and O–H groups in total. The Hall–Kier alpha value is -3.04. The third-order valence-electron chi connectivity index (χ3n) is 6.52. The van der Waals surface area contributed by atoms with E-state index in [1.165, 1.54) is 7.11 Å². The molecule has 178 valence electrons. The molecular weight excluding hydrogens is 440 g/mol. The van der Waals surface area contributed by atoms with Gasteiger partial charge < -0.3 is 19.4 Å². The van der Waals surface area contributed by atoms with Gasteiger partial charge in [0.15, 0.2) is 25.4 Å². The summed E-state index contributed by atoms with van der Waals surface area (Å²) in [7, 11) is -0.453. The van der Waals surface area contributed by atoms with Crippen LogP contribution < -0.4 is 4.74 Å². The zero-order valence-electron chi connectivity index (χ0n) is 20.8. The summed E-state index contributed by atoms with van der Waals surface area (Å²) in [6.07, 6.45) is 0. The number of hydrogen-bond donors (Lipinski definition) is 2. The molecule has 0 spiro atoms. The van der Waals surface area contributed by atoms with Crippen molar-refractivity contribution >= 4 is 8.32 Å². The van der Waals surface area contributed by atoms with Crippen LogP contribution in [0, 0.1) is 11.8 Å². The molecule has 0 atom stereocenters. The van der Waals surface area contributed by atoms with Crippen molar-refractivity contribution in [3.63, 3.8) is 0 Å². The van der Waals surface area contributed by atoms with Crippen LogP contribution in [0.1, 0.15) is 43.0 Å². The summed E-state index contributed by atoms with van der Waals surface area (Å²) in [5.41, 5.74) is 0.982. The number of rotatable bonds is 6. The van der Waals surface area contributed by atoms with Crippen LogP contribution in [0.3, 0.4) is 0 Å². The van der Waals surface area contributed by atoms with Crippen molar-refractivity contribution in [3.05, 3.63) is 95.1 Å². The molecule has 3 aromatic rings. The molecule has 0 heterocycles. The Balaban J connectivity index is 2.05. The van der Waals surface area contributed by atoms with E-state index in [9.17, 15) is 10.2 Å². The molecule has 0 aliphatic rings. The van der Waals surface area contributed by atoms with Crippen molar-refractivity contribution in [2.45, 2.75) is 51.1 Å². The summed E-state index contributed by atoms with van der Waals surface area (Å²) in [6, 6.07) is 22.2. The summed E-state index contributed by atoms with van der Waals surface area (Å²) in [4.78, 5) is 0. The van der Waals surface area contributed by atoms with Crippen molar-refractivity contribution in [2.24, 2.45) is 0 Å². The Kier molecular flexibility index (Phi) is 7.57. The fraction of sp³-hybridized carbons (Fsp3) is 0.310. The summed E-state index contributed by atoms with van der Waals surface area (Å²) in [5.74, 6) is 6.30. The zero-order chi connectivity index (χ0) is 25.0. The van der Waals surface area contributed by atoms with Crippen molar-refractivity contribution in [2.75, 3.05) is 7.11 Å². The van der Waals surface area contributed by atoms with E-state index >= 15 is 0 Å². The van der Waals surface area contributed by atoms with Gasteiger partial charge in [-0.25, -0.2) is 0 Å². The van der Waals surface area contributed by atoms with Crippen molar-refractivity contribution in [3.8, 4) is 23.3 Å². The van der Waals surface area contributed by atoms with E-state index < -0.39 is 13.9 Å². The Morgan fingerprint density at radius 3 is 1.88 bits per heavy atom. The highest BCUT2D eigenvalue weighted by Crippen LogP contribution is 2.38. The van der Waals surface area contributed by atoms with Gasteiger partial charge in [-0.2, -0.15) is 0 Å². The lowest BCUT2D eigenvalue weighted by atomic mass is 9.86. The molecule has 4 nitrogen and oxygen atoms in total. The number of aromatic hydroxyl groups is 1. The normalized spacial score (nSPS) is 12.1. The van der Waals surface area contributed by atoms with E-state index in [1.807, 2.05) is 60.7 Å². The number of methoxy groups -OCH3 is 1. The van der Waals surface area contributed by atoms with E-state index in [-0.39, 0.29) is 10.8 Å². The second-order valence-corrected chi connectivity index (χ2v) is 14.7. The first-order valence-corrected chi connectivity index (χ1v) is 14.3. The number of ether oxygens (including phenoxy) is 1. The molecule has 0 amide bonds. The molecule has 3 rings (SSSR count). The van der Waals surface area contributed by atoms with Gasteiger partial charge in [-0.3, -0.25) is 0 Å². The maximum atomic E-state index is 11.7. The minimum atomic E-state index is -1.96. The Labute approximate surface area is 204 Å². The highest BCUT2D eigenvalue weighted by molar-refractivity contribution is 6.74. The number of phenolic OH excluding ortho intramolecular Hbond substituents is 1. The molecule has 0 unspecified atom stereocenters. The minimum absolute atomic E-state index is 0.0606. The first-order valence-electron chi connectivity index (χ1n) is 11.4. The summed E-state index contributed by atoms with van der Waals surface area (Å²) in [6.45, 7) is 11.4. The molecule has 0 saturated carbocycles. The Morgan fingerprint density at radius 2 is 1.41 bits per heavy atom. The second kappa shape index (κ2) is 10.1. The van der Waals surface area contributed by atoms with Gasteiger partial charge in [0.2, 0.25) is 0 Å². The molecule has 5 heteroatoms. The standard InChI is InChI=1S/C29H34O4Si/c1-28(2,3)34(5,6)33-21-22-19-23(27(30)26(20-22)32-4)17-18-29(31,24-13-9-7-10-14-24)25-15-11-8-12-16-25/h7-16,19-20,30-31H,21H2,1-6H3. The molecular formula is C29H34O4Si. The van der Waals surface area contributed by atoms with Gasteiger partial charge in [-0.15, -0.1) is 0 Å². The van der Waals surface area contributed by atoms with E-state index in [1.54, 1.807) is 12.1 Å². The third-order valence-corrected chi connectivity index (χ3v) is 11.0. The number of phenols is 1. The molecule has 0 aliphatic carbocycles. The first-order chi connectivity index (χ1) is 16.0. The van der Waals surface area contributed by atoms with Crippen LogP contribution in [0.2, 0.25) is 18.1 Å². The lowest BCUT2D eigenvalue weighted by Crippen LogP contribution is -2.40. The smallest absolute Gasteiger partial charge is 0.192 e. The van der Waals surface area contributed by atoms with Gasteiger partial charge in [0.1, 0.15) is 0 Å². The quantitative estimate of drug-likeness (QED) is 0.329. The predicted octanol–water partition coefficient (Wildman–Crippen LogP) is 6.21. The largest absolute Gasteiger partial charge is 0.503 e. The highest BCUT2D eigenvalue weighted by atomic mass is 28.4. The van der Waals surface area contributed by atoms with E-state index in [0.29, 0.717) is 29.0 Å². The average molecular weight is 475 g/mol. The fourth-order valence-electron chi connectivity index (χ4n) is 3.31. The van der Waals surface area contributed by atoms with Crippen molar-refractivity contribution in [1.82, 2.24) is 0 Å². The van der Waals surface area contributed by atoms with Gasteiger partial charge in [0.25, 0.3) is 0 Å². The molecule has 0 fully saturated rings. The highest BCUT2D eigenvalue weighted by Gasteiger charge is 2.37. The topological polar surface area (TPSA) is 58.9 Å². The molecule has 0 aliphatic heterocycles. The second-order valence-electron chi connectivity index (χ2n) is 9.94. The number of benzene rings is 3. The van der Waals surface area contributed by atoms with Crippen molar-refractivity contribution < 1.29 is 19.4 Å². The van der Waals surface area contributed by atoms with Gasteiger partial charge in [0.05, 0.1) is 19.3 Å². The third kappa shape index (κ3) is 5.53. The van der Waals surface area contributed by atoms with Gasteiger partial charge in [0, 0.05) is 11.1 Å². The maximum Gasteiger partial charge on any atom is 0.192 e. The van der Waals surface area contributed by atoms with Crippen LogP contribution in [0.15, 0.2) is 72.8 Å². The lowest BCUT2D eigenvalue weighted by molar-refractivity contribution is 0.145. The zero-order valence-corrected chi connectivity index (χ0v) is 21.8. The van der Waals surface area contributed by atoms with Crippen molar-refractivity contribution in [1.29, 1.82) is 0 Å². The van der Waals surface area contributed by atoms with Crippen LogP contribution in [0.25, 0.3) is 0 Å². The lowest BCUT2D eigenvalue weighted by Gasteiger charge is -2.36. The molecule has 0 radical (unpaired) electrons. The summed E-state index contributed by atoms with van der Waals surface area (Å²) >= 11 is 0. The van der Waals surface area contributed by atoms with Crippen LogP contribution in [-0.4, -0.2) is 25.6 Å². The maximum absolute atomic E-state index is 11.7. The molecule has 0 saturated heterocycles. The van der Waals surface area contributed by atoms with E-state index in [2.05, 4.69) is 45.7 Å². The summed E-state index contributed by atoms with van der Waals surface area (Å²) < 4.78 is 11.8. The van der Waals surface area contributed by atoms with Gasteiger partial charge in [-0.1, -0.05) is 93.3 Å². The van der Waals surface area contributed by atoms with Gasteiger partial charge >= 0.3 is 0 Å². The molecule has 34 heavy (non-hydrogen) atoms. The molecule has 0 aromatic heterocycles. The average Bonchev–Trinajstić information content (AvgIpc) is 2.82. The molecule has 3 aromatic carbocycles. The van der Waals surface area contributed by atoms with E-state index in [4.69, 9.17) is 9.16 Å². The van der Waals surface area contributed by atoms with Crippen LogP contribution in [-0.2, 0) is 16.6 Å². The number of aliphatic hydroxyl groups is 1. The number of hydrogen-bond acceptors (Lipinski definition) is 4. The SMILES string of the molecule is COc1cc(CO[Si](C)(C)C(C)(C)C)cc(C#CC(O)(c2ccccc2)c2ccccc2)c1O. The van der Waals surface area contributed by atoms with Gasteiger partial charge in [-0.05, 0) is 35.8 Å². The van der Waals surface area contributed by atoms with Crippen LogP contribution >= 0.6 is 0 Å². The molecule has 0 bridgehead atoms. The van der Waals surface area contributed by atoms with Crippen LogP contribution in [0.4, 0.5) is 0 Å². The Bertz CT molecular complexity index is 1130. The predicted molar refractivity (Wildman–Crippen MR) is 139 cm³/mol. The Morgan fingerprint density at radius 1 is 0.882 bits per heavy atom. The minimum Gasteiger partial charge on any atom is -0.503 e. The van der Waals surface area contributed by atoms with E-state index in [0.717, 1.165) is 5.56 Å². The monoisotopic (exact) mass is 474 g/mol. The summed E-state index contributed by atoms with van der Waals surface area (Å²) in [5, 5.41) is 22.5. The van der Waals surface area contributed by atoms with Crippen LogP contribution in [0.5, 0.6) is 11.5 Å². The first kappa shape index (κ1) is 25.6. The fourth-order valence-corrected chi connectivity index (χ4v) is 4.27.